The predicted molar refractivity (Wildman–Crippen MR) is 174 cm³/mol. The van der Waals surface area contributed by atoms with Crippen molar-refractivity contribution in [3.63, 3.8) is 0 Å². The Morgan fingerprint density at radius 3 is 2.76 bits per heavy atom. The Hall–Kier alpha value is -3.59. The number of amides is 1. The number of carbonyl (C=O) groups excluding carboxylic acids is 1. The third kappa shape index (κ3) is 11.7. The molecule has 0 bridgehead atoms. The third-order valence-corrected chi connectivity index (χ3v) is 8.24. The van der Waals surface area contributed by atoms with Crippen LogP contribution in [0.3, 0.4) is 0 Å². The number of carbonyl (C=O) groups is 2. The normalized spacial score (nSPS) is 23.5. The molecule has 0 aromatic carbocycles. The number of aliphatic carboxylic acids is 1. The van der Waals surface area contributed by atoms with E-state index in [1.807, 2.05) is 67.6 Å². The van der Waals surface area contributed by atoms with Crippen LogP contribution < -0.4 is 5.32 Å². The van der Waals surface area contributed by atoms with Gasteiger partial charge in [0, 0.05) is 42.2 Å². The molecule has 4 unspecified atom stereocenters. The number of nitrogens with one attached hydrogen (secondary N) is 1. The van der Waals surface area contributed by atoms with Crippen molar-refractivity contribution in [2.75, 3.05) is 12.3 Å². The molecule has 4 atom stereocenters. The lowest BCUT2D eigenvalue weighted by molar-refractivity contribution is -0.137. The van der Waals surface area contributed by atoms with Gasteiger partial charge in [-0.3, -0.25) is 23.9 Å². The minimum Gasteiger partial charge on any atom is -0.481 e. The van der Waals surface area contributed by atoms with Crippen LogP contribution in [0.25, 0.3) is 0 Å². The maximum atomic E-state index is 13.4. The van der Waals surface area contributed by atoms with E-state index in [0.29, 0.717) is 44.4 Å². The summed E-state index contributed by atoms with van der Waals surface area (Å²) in [7, 11) is -1.13. The molecule has 2 aliphatic heterocycles. The first-order valence-electron chi connectivity index (χ1n) is 14.7. The minimum atomic E-state index is -1.13. The van der Waals surface area contributed by atoms with Crippen LogP contribution in [0.5, 0.6) is 0 Å². The molecule has 8 nitrogen and oxygen atoms in total. The van der Waals surface area contributed by atoms with Crippen molar-refractivity contribution < 1.29 is 18.9 Å². The molecule has 2 rings (SSSR count). The van der Waals surface area contributed by atoms with E-state index in [0.717, 1.165) is 22.8 Å². The average Bonchev–Trinajstić information content (AvgIpc) is 2.97. The molecule has 0 radical (unpaired) electrons. The largest absolute Gasteiger partial charge is 0.481 e. The molecular formula is C33H46N4O4S. The fourth-order valence-electron chi connectivity index (χ4n) is 4.57. The van der Waals surface area contributed by atoms with E-state index in [9.17, 15) is 13.8 Å². The monoisotopic (exact) mass is 594 g/mol. The number of hydrogen-bond donors (Lipinski definition) is 2. The summed E-state index contributed by atoms with van der Waals surface area (Å²) < 4.78 is 14.4. The Morgan fingerprint density at radius 1 is 1.29 bits per heavy atom. The topological polar surface area (TPSA) is 111 Å². The van der Waals surface area contributed by atoms with Gasteiger partial charge in [-0.25, -0.2) is 4.21 Å². The van der Waals surface area contributed by atoms with Gasteiger partial charge in [0.1, 0.15) is 11.0 Å². The van der Waals surface area contributed by atoms with Crippen molar-refractivity contribution in [3.8, 4) is 0 Å². The summed E-state index contributed by atoms with van der Waals surface area (Å²) in [5, 5.41) is 12.2. The highest BCUT2D eigenvalue weighted by molar-refractivity contribution is 7.82. The second-order valence-electron chi connectivity index (χ2n) is 10.2. The molecule has 42 heavy (non-hydrogen) atoms. The first-order chi connectivity index (χ1) is 20.2. The van der Waals surface area contributed by atoms with Crippen molar-refractivity contribution in [2.24, 2.45) is 21.8 Å². The van der Waals surface area contributed by atoms with E-state index < -0.39 is 22.9 Å². The van der Waals surface area contributed by atoms with Gasteiger partial charge in [-0.15, -0.1) is 0 Å². The average molecular weight is 595 g/mol. The van der Waals surface area contributed by atoms with Gasteiger partial charge in [-0.2, -0.15) is 0 Å². The van der Waals surface area contributed by atoms with E-state index in [4.69, 9.17) is 15.1 Å². The standard InChI is InChI=1S/C33H46N4O4S/c1-6-9-11-14-25(4)32-30(16-12-13-17-31(38)39)34-22-20-27(19-18-26(5)35-32)33(40)36-28-21-23-37(42(41)8-3)29(24-28)15-10-7-2/h6-7,9-11,14-15,18,20,22,24-25,27-28H,2,8,12-13,16-17,19,21,23H2,1,3-5H3,(H,36,40)(H,38,39)/b9-6-,14-11-,15-10-,22-20+,26-18+,34-30?,35-32?. The summed E-state index contributed by atoms with van der Waals surface area (Å²) in [6, 6.07) is -0.191. The molecule has 2 heterocycles. The maximum Gasteiger partial charge on any atom is 0.303 e. The Kier molecular flexibility index (Phi) is 15.5. The molecule has 2 N–H and O–H groups in total. The lowest BCUT2D eigenvalue weighted by Gasteiger charge is -2.32. The number of carboxylic acid groups (broad SMARTS) is 1. The number of nitrogens with zero attached hydrogens (tertiary/aromatic N) is 3. The quantitative estimate of drug-likeness (QED) is 0.184. The van der Waals surface area contributed by atoms with Gasteiger partial charge in [-0.05, 0) is 58.1 Å². The van der Waals surface area contributed by atoms with E-state index in [2.05, 4.69) is 24.9 Å². The molecule has 0 saturated heterocycles. The Morgan fingerprint density at radius 2 is 2.07 bits per heavy atom. The zero-order valence-corrected chi connectivity index (χ0v) is 26.2. The van der Waals surface area contributed by atoms with Gasteiger partial charge in [0.15, 0.2) is 0 Å². The Labute approximate surface area is 253 Å². The van der Waals surface area contributed by atoms with Crippen LogP contribution in [0.4, 0.5) is 0 Å². The van der Waals surface area contributed by atoms with E-state index in [1.54, 1.807) is 18.4 Å². The van der Waals surface area contributed by atoms with Gasteiger partial charge >= 0.3 is 5.97 Å². The van der Waals surface area contributed by atoms with E-state index >= 15 is 0 Å². The van der Waals surface area contributed by atoms with Crippen molar-refractivity contribution in [2.45, 2.75) is 72.3 Å². The number of hydrogen-bond acceptors (Lipinski definition) is 5. The van der Waals surface area contributed by atoms with E-state index in [-0.39, 0.29) is 24.3 Å². The van der Waals surface area contributed by atoms with Gasteiger partial charge in [0.2, 0.25) is 5.91 Å². The number of rotatable bonds is 14. The predicted octanol–water partition coefficient (Wildman–Crippen LogP) is 6.22. The van der Waals surface area contributed by atoms with Crippen molar-refractivity contribution in [3.05, 3.63) is 84.9 Å². The highest BCUT2D eigenvalue weighted by Gasteiger charge is 2.25. The Balaban J connectivity index is 2.30. The summed E-state index contributed by atoms with van der Waals surface area (Å²) in [4.78, 5) is 34.1. The zero-order valence-electron chi connectivity index (χ0n) is 25.4. The van der Waals surface area contributed by atoms with E-state index in [1.165, 1.54) is 0 Å². The molecule has 0 spiro atoms. The molecule has 1 amide bonds. The summed E-state index contributed by atoms with van der Waals surface area (Å²) in [5.74, 6) is -0.844. The second kappa shape index (κ2) is 18.8. The first-order valence-corrected chi connectivity index (χ1v) is 15.9. The van der Waals surface area contributed by atoms with Crippen molar-refractivity contribution in [1.29, 1.82) is 0 Å². The molecule has 0 saturated carbocycles. The number of allylic oxidation sites excluding steroid dienone is 9. The molecule has 228 valence electrons. The lowest BCUT2D eigenvalue weighted by Crippen LogP contribution is -2.43. The number of unbranched alkanes of at least 4 members (excludes halogenated alkanes) is 1. The molecular weight excluding hydrogens is 548 g/mol. The van der Waals surface area contributed by atoms with Crippen LogP contribution in [-0.2, 0) is 20.6 Å². The number of aliphatic imine (C=N–C) groups is 2. The van der Waals surface area contributed by atoms with Crippen LogP contribution in [-0.4, -0.2) is 55.3 Å². The maximum absolute atomic E-state index is 13.4. The summed E-state index contributed by atoms with van der Waals surface area (Å²) in [6.07, 6.45) is 23.8. The summed E-state index contributed by atoms with van der Waals surface area (Å²) in [6.45, 7) is 12.1. The fraction of sp³-hybridized carbons (Fsp3) is 0.455. The zero-order chi connectivity index (χ0) is 30.9. The highest BCUT2D eigenvalue weighted by Crippen LogP contribution is 2.21. The SMILES string of the molecule is C=C/C=C\C1=CC(NC(=O)C2/C=C/N=C(CCCCC(=O)O)C(C(C)/C=C\C=C/C)=N/C(C)=C/C2)CCN1S(=O)CC. The summed E-state index contributed by atoms with van der Waals surface area (Å²) in [5.41, 5.74) is 3.24. The van der Waals surface area contributed by atoms with Crippen LogP contribution in [0.15, 0.2) is 94.9 Å². The van der Waals surface area contributed by atoms with Crippen LogP contribution >= 0.6 is 0 Å². The highest BCUT2D eigenvalue weighted by atomic mass is 32.2. The summed E-state index contributed by atoms with van der Waals surface area (Å²) >= 11 is 0. The van der Waals surface area contributed by atoms with Gasteiger partial charge in [-0.1, -0.05) is 69.0 Å². The molecule has 0 aliphatic carbocycles. The second-order valence-corrected chi connectivity index (χ2v) is 11.9. The van der Waals surface area contributed by atoms with Crippen molar-refractivity contribution in [1.82, 2.24) is 9.62 Å². The molecule has 9 heteroatoms. The Bertz CT molecular complexity index is 1220. The van der Waals surface area contributed by atoms with Gasteiger partial charge < -0.3 is 10.4 Å². The fourth-order valence-corrected chi connectivity index (χ4v) is 5.55. The molecule has 0 aromatic heterocycles. The molecule has 0 fully saturated rings. The van der Waals surface area contributed by atoms with Crippen LogP contribution in [0.2, 0.25) is 0 Å². The van der Waals surface area contributed by atoms with Crippen LogP contribution in [0, 0.1) is 11.8 Å². The smallest absolute Gasteiger partial charge is 0.303 e. The van der Waals surface area contributed by atoms with Gasteiger partial charge in [0.25, 0.3) is 0 Å². The van der Waals surface area contributed by atoms with Crippen molar-refractivity contribution >= 4 is 34.3 Å². The molecule has 0 aromatic rings. The van der Waals surface area contributed by atoms with Crippen LogP contribution in [0.1, 0.15) is 66.2 Å². The third-order valence-electron chi connectivity index (χ3n) is 6.86. The molecule has 2 aliphatic rings. The van der Waals surface area contributed by atoms with Gasteiger partial charge in [0.05, 0.1) is 23.4 Å². The first kappa shape index (κ1) is 34.6. The number of carboxylic acids is 1. The lowest BCUT2D eigenvalue weighted by atomic mass is 9.95. The minimum absolute atomic E-state index is 0.00118.